The Kier molecular flexibility index (Phi) is 12.4. The first kappa shape index (κ1) is 13.1. The van der Waals surface area contributed by atoms with Crippen LogP contribution in [0.3, 0.4) is 0 Å². The van der Waals surface area contributed by atoms with Gasteiger partial charge in [0.25, 0.3) is 0 Å². The molecule has 4 heteroatoms. The molecule has 0 amide bonds. The summed E-state index contributed by atoms with van der Waals surface area (Å²) in [7, 11) is 1.38. The molecule has 0 unspecified atom stereocenters. The van der Waals surface area contributed by atoms with E-state index in [0.717, 1.165) is 0 Å². The summed E-state index contributed by atoms with van der Waals surface area (Å²) in [6.07, 6.45) is 0. The van der Waals surface area contributed by atoms with E-state index in [9.17, 15) is 4.79 Å². The second kappa shape index (κ2) is 9.46. The van der Waals surface area contributed by atoms with E-state index in [0.29, 0.717) is 5.92 Å². The van der Waals surface area contributed by atoms with Crippen molar-refractivity contribution >= 4 is 15.3 Å². The zero-order valence-corrected chi connectivity index (χ0v) is 11.8. The maximum atomic E-state index is 10.5. The van der Waals surface area contributed by atoms with Gasteiger partial charge < -0.3 is 0 Å². The van der Waals surface area contributed by atoms with E-state index >= 15 is 0 Å². The minimum absolute atomic E-state index is 0.236. The van der Waals surface area contributed by atoms with Crippen LogP contribution >= 0.6 is 0 Å². The average molecular weight is 481 g/mol. The number of rotatable bonds is 2. The third-order valence-corrected chi connectivity index (χ3v) is 1.95. The Morgan fingerprint density at radius 2 is 2.20 bits per heavy atom. The number of esters is 1. The summed E-state index contributed by atoms with van der Waals surface area (Å²) in [5.74, 6) is 0.447. The van der Waals surface area contributed by atoms with Crippen LogP contribution in [0.25, 0.3) is 0 Å². The van der Waals surface area contributed by atoms with Crippen LogP contribution in [0.4, 0.5) is 0 Å². The summed E-state index contributed by atoms with van der Waals surface area (Å²) < 4.78 is 6.21. The molecule has 0 N–H and O–H groups in total. The molecule has 0 heterocycles. The Morgan fingerprint density at radius 1 is 1.80 bits per heavy atom. The van der Waals surface area contributed by atoms with Gasteiger partial charge in [-0.3, -0.25) is 0 Å². The van der Waals surface area contributed by atoms with Crippen molar-refractivity contribution in [1.82, 2.24) is 0 Å². The molecule has 0 fully saturated rings. The van der Waals surface area contributed by atoms with E-state index in [-0.39, 0.29) is 5.97 Å². The van der Waals surface area contributed by atoms with Crippen molar-refractivity contribution in [3.8, 4) is 0 Å². The molecule has 0 aliphatic carbocycles. The van der Waals surface area contributed by atoms with Crippen molar-refractivity contribution < 1.29 is 48.2 Å². The minimum atomic E-state index is -0.236. The molecule has 0 radical (unpaired) electrons. The summed E-state index contributed by atoms with van der Waals surface area (Å²) >= 11 is 2.60. The topological polar surface area (TPSA) is 26.3 Å². The van der Waals surface area contributed by atoms with Gasteiger partial charge >= 0.3 is 83.5 Å². The normalized spacial score (nSPS) is 6.60. The Bertz CT molecular complexity index is 114. The van der Waals surface area contributed by atoms with Gasteiger partial charge in [0, 0.05) is 0 Å². The fourth-order valence-corrected chi connectivity index (χ4v) is 0.555. The first-order chi connectivity index (χ1) is 4.72. The molecule has 0 saturated carbocycles. The fourth-order valence-electron chi connectivity index (χ4n) is 0.209. The molecule has 0 aliphatic heterocycles. The summed E-state index contributed by atoms with van der Waals surface area (Å²) in [6.45, 7) is 1.73. The molecule has 0 rings (SSSR count). The Balaban J connectivity index is 0. The molecule has 2 nitrogen and oxygen atoms in total. The van der Waals surface area contributed by atoms with Crippen molar-refractivity contribution in [3.63, 3.8) is 0 Å². The molecule has 0 bridgehead atoms. The predicted molar refractivity (Wildman–Crippen MR) is 34.1 cm³/mol. The van der Waals surface area contributed by atoms with Crippen LogP contribution < -0.4 is 0 Å². The van der Waals surface area contributed by atoms with Crippen molar-refractivity contribution in [1.29, 1.82) is 0 Å². The van der Waals surface area contributed by atoms with E-state index in [2.05, 4.69) is 9.64 Å². The van der Waals surface area contributed by atoms with Gasteiger partial charge in [0.2, 0.25) is 0 Å². The van der Waals surface area contributed by atoms with Crippen molar-refractivity contribution in [2.75, 3.05) is 7.11 Å². The molecule has 0 aromatic heterocycles. The van der Waals surface area contributed by atoms with Crippen LogP contribution in [0.2, 0.25) is 0 Å². The van der Waals surface area contributed by atoms with Crippen LogP contribution in [-0.2, 0) is 48.2 Å². The molecule has 59 valence electrons. The van der Waals surface area contributed by atoms with Gasteiger partial charge in [0.1, 0.15) is 0 Å². The standard InChI is InChI=1S/C5H7O2.CH2.2W/c1-4(2)5(6)7-3;;;/h1H,2-3H3;1H2;;/q-1;;;-1. The van der Waals surface area contributed by atoms with Crippen LogP contribution in [0.15, 0.2) is 0 Å². The quantitative estimate of drug-likeness (QED) is 0.413. The molecule has 0 spiro atoms. The van der Waals surface area contributed by atoms with Crippen LogP contribution in [0, 0.1) is 5.92 Å². The van der Waals surface area contributed by atoms with Gasteiger partial charge in [0.15, 0.2) is 0 Å². The van der Waals surface area contributed by atoms with Gasteiger partial charge in [-0.1, -0.05) is 0 Å². The SMILES string of the molecule is COC(=O)[C-](C)[CH]=[W].[CH2]=[W-]. The van der Waals surface area contributed by atoms with Crippen molar-refractivity contribution in [2.45, 2.75) is 6.92 Å². The van der Waals surface area contributed by atoms with Crippen molar-refractivity contribution in [3.05, 3.63) is 5.92 Å². The number of hydrogen-bond donors (Lipinski definition) is 0. The Labute approximate surface area is 83.2 Å². The maximum absolute atomic E-state index is 10.5. The molecule has 10 heavy (non-hydrogen) atoms. The van der Waals surface area contributed by atoms with E-state index in [4.69, 9.17) is 0 Å². The van der Waals surface area contributed by atoms with E-state index in [1.54, 1.807) is 11.3 Å². The molecule has 0 atom stereocenters. The number of methoxy groups -OCH3 is 1. The monoisotopic (exact) mass is 481 g/mol. The van der Waals surface area contributed by atoms with Crippen LogP contribution in [0.5, 0.6) is 0 Å². The van der Waals surface area contributed by atoms with Gasteiger partial charge in [-0.05, 0) is 0 Å². The summed E-state index contributed by atoms with van der Waals surface area (Å²) in [5.41, 5.74) is 0. The number of hydrogen-bond acceptors (Lipinski definition) is 2. The van der Waals surface area contributed by atoms with E-state index in [1.165, 1.54) is 45.8 Å². The van der Waals surface area contributed by atoms with Crippen molar-refractivity contribution in [2.24, 2.45) is 0 Å². The Hall–Kier alpha value is 0.457. The first-order valence-electron chi connectivity index (χ1n) is 2.38. The molecule has 0 aromatic carbocycles. The van der Waals surface area contributed by atoms with Crippen LogP contribution in [-0.4, -0.2) is 22.4 Å². The van der Waals surface area contributed by atoms with Gasteiger partial charge in [-0.15, -0.1) is 0 Å². The number of ether oxygens (including phenoxy) is 1. The summed E-state index contributed by atoms with van der Waals surface area (Å²) in [5, 5.41) is 0. The Morgan fingerprint density at radius 3 is 2.30 bits per heavy atom. The fraction of sp³-hybridized carbons (Fsp3) is 0.333. The van der Waals surface area contributed by atoms with Crippen LogP contribution in [0.1, 0.15) is 6.92 Å². The third-order valence-electron chi connectivity index (χ3n) is 0.684. The zero-order chi connectivity index (χ0) is 8.57. The summed E-state index contributed by atoms with van der Waals surface area (Å²) in [6, 6.07) is 0. The molecule has 0 saturated heterocycles. The van der Waals surface area contributed by atoms with E-state index in [1.807, 2.05) is 0 Å². The van der Waals surface area contributed by atoms with Gasteiger partial charge in [-0.2, -0.15) is 0 Å². The third kappa shape index (κ3) is 6.57. The van der Waals surface area contributed by atoms with E-state index < -0.39 is 0 Å². The average Bonchev–Trinajstić information content (AvgIpc) is 2.05. The molecular weight excluding hydrogens is 472 g/mol. The number of carbonyl (C=O) groups excluding carboxylic acids is 1. The number of carbonyl (C=O) groups is 1. The second-order valence-corrected chi connectivity index (χ2v) is 2.14. The van der Waals surface area contributed by atoms with Gasteiger partial charge in [-0.25, -0.2) is 0 Å². The van der Waals surface area contributed by atoms with Gasteiger partial charge in [0.05, 0.1) is 0 Å². The molecular formula is C6H9O2W2-2. The first-order valence-corrected chi connectivity index (χ1v) is 6.15. The second-order valence-electron chi connectivity index (χ2n) is 1.29. The zero-order valence-electron chi connectivity index (χ0n) is 5.92. The summed E-state index contributed by atoms with van der Waals surface area (Å²) in [4.78, 5) is 13.8. The predicted octanol–water partition coefficient (Wildman–Crippen LogP) is 0.0680. The molecule has 0 aliphatic rings. The molecule has 0 aromatic rings.